The van der Waals surface area contributed by atoms with Gasteiger partial charge in [0.1, 0.15) is 11.7 Å². The van der Waals surface area contributed by atoms with Crippen molar-refractivity contribution in [1.29, 1.82) is 5.26 Å². The van der Waals surface area contributed by atoms with Gasteiger partial charge in [0.05, 0.1) is 11.8 Å². The molecule has 0 saturated carbocycles. The van der Waals surface area contributed by atoms with Crippen molar-refractivity contribution in [2.75, 3.05) is 0 Å². The summed E-state index contributed by atoms with van der Waals surface area (Å²) in [5.74, 6) is 0.557. The van der Waals surface area contributed by atoms with Crippen molar-refractivity contribution in [3.63, 3.8) is 0 Å². The Hall–Kier alpha value is -1.56. The molecule has 0 amide bonds. The second-order valence-corrected chi connectivity index (χ2v) is 3.70. The molecule has 0 radical (unpaired) electrons. The fourth-order valence-electron chi connectivity index (χ4n) is 0.924. The van der Waals surface area contributed by atoms with Gasteiger partial charge in [0, 0.05) is 6.20 Å². The summed E-state index contributed by atoms with van der Waals surface area (Å²) in [6, 6.07) is 3.73. The van der Waals surface area contributed by atoms with E-state index in [-0.39, 0.29) is 5.60 Å². The lowest BCUT2D eigenvalue weighted by atomic mass is 10.1. The first-order valence-electron chi connectivity index (χ1n) is 4.62. The number of hydrogen-bond acceptors (Lipinski definition) is 3. The van der Waals surface area contributed by atoms with Gasteiger partial charge < -0.3 is 4.74 Å². The number of hydrogen-bond donors (Lipinski definition) is 0. The molecule has 0 spiro atoms. The maximum atomic E-state index is 8.83. The molecule has 0 atom stereocenters. The summed E-state index contributed by atoms with van der Waals surface area (Å²) in [6.07, 6.45) is 4.05. The average Bonchev–Trinajstić information content (AvgIpc) is 2.18. The molecule has 1 aromatic rings. The highest BCUT2D eigenvalue weighted by atomic mass is 16.5. The number of rotatable bonds is 3. The predicted molar refractivity (Wildman–Crippen MR) is 54.0 cm³/mol. The van der Waals surface area contributed by atoms with Crippen LogP contribution in [0.3, 0.4) is 0 Å². The van der Waals surface area contributed by atoms with E-state index in [0.717, 1.165) is 6.42 Å². The highest BCUT2D eigenvalue weighted by molar-refractivity contribution is 5.40. The topological polar surface area (TPSA) is 45.9 Å². The molecular weight excluding hydrogens is 176 g/mol. The maximum Gasteiger partial charge on any atom is 0.156 e. The molecule has 0 unspecified atom stereocenters. The molecule has 1 rings (SSSR count). The lowest BCUT2D eigenvalue weighted by Gasteiger charge is -2.24. The fraction of sp³-hybridized carbons (Fsp3) is 0.455. The number of pyridine rings is 1. The van der Waals surface area contributed by atoms with E-state index in [1.165, 1.54) is 0 Å². The summed E-state index contributed by atoms with van der Waals surface area (Å²) < 4.78 is 5.69. The van der Waals surface area contributed by atoms with Gasteiger partial charge in [0.15, 0.2) is 5.75 Å². The van der Waals surface area contributed by atoms with E-state index >= 15 is 0 Å². The Morgan fingerprint density at radius 1 is 1.57 bits per heavy atom. The zero-order chi connectivity index (χ0) is 10.6. The third-order valence-corrected chi connectivity index (χ3v) is 2.14. The Morgan fingerprint density at radius 2 is 2.29 bits per heavy atom. The molecule has 0 aromatic carbocycles. The van der Waals surface area contributed by atoms with Crippen LogP contribution < -0.4 is 4.74 Å². The molecule has 3 nitrogen and oxygen atoms in total. The minimum atomic E-state index is -0.255. The van der Waals surface area contributed by atoms with E-state index in [9.17, 15) is 0 Å². The van der Waals surface area contributed by atoms with Crippen molar-refractivity contribution in [1.82, 2.24) is 4.98 Å². The van der Waals surface area contributed by atoms with E-state index in [1.54, 1.807) is 18.5 Å². The van der Waals surface area contributed by atoms with E-state index in [0.29, 0.717) is 11.3 Å². The Bertz CT molecular complexity index is 353. The normalized spacial score (nSPS) is 10.7. The molecule has 1 heterocycles. The Balaban J connectivity index is 2.92. The smallest absolute Gasteiger partial charge is 0.156 e. The van der Waals surface area contributed by atoms with Gasteiger partial charge >= 0.3 is 0 Å². The van der Waals surface area contributed by atoms with Gasteiger partial charge in [0.25, 0.3) is 0 Å². The Labute approximate surface area is 84.3 Å². The predicted octanol–water partition coefficient (Wildman–Crippen LogP) is 2.52. The van der Waals surface area contributed by atoms with Crippen LogP contribution in [0.15, 0.2) is 18.5 Å². The third kappa shape index (κ3) is 2.46. The second kappa shape index (κ2) is 4.10. The molecular formula is C11H14N2O. The molecule has 1 aromatic heterocycles. The van der Waals surface area contributed by atoms with Crippen LogP contribution in [0.1, 0.15) is 32.8 Å². The monoisotopic (exact) mass is 190 g/mol. The molecule has 0 aliphatic carbocycles. The molecule has 0 aliphatic rings. The largest absolute Gasteiger partial charge is 0.485 e. The van der Waals surface area contributed by atoms with Crippen molar-refractivity contribution in [3.05, 3.63) is 24.0 Å². The zero-order valence-electron chi connectivity index (χ0n) is 8.74. The zero-order valence-corrected chi connectivity index (χ0v) is 8.74. The van der Waals surface area contributed by atoms with Crippen molar-refractivity contribution < 1.29 is 4.74 Å². The minimum Gasteiger partial charge on any atom is -0.485 e. The lowest BCUT2D eigenvalue weighted by Crippen LogP contribution is -2.27. The van der Waals surface area contributed by atoms with Gasteiger partial charge in [-0.1, -0.05) is 6.92 Å². The fourth-order valence-corrected chi connectivity index (χ4v) is 0.924. The van der Waals surface area contributed by atoms with Crippen molar-refractivity contribution >= 4 is 0 Å². The van der Waals surface area contributed by atoms with Gasteiger partial charge in [-0.25, -0.2) is 0 Å². The number of nitrogens with zero attached hydrogens (tertiary/aromatic N) is 2. The van der Waals surface area contributed by atoms with Crippen LogP contribution in [0, 0.1) is 11.3 Å². The molecule has 74 valence electrons. The lowest BCUT2D eigenvalue weighted by molar-refractivity contribution is 0.104. The summed E-state index contributed by atoms with van der Waals surface area (Å²) in [4.78, 5) is 3.94. The van der Waals surface area contributed by atoms with E-state index in [2.05, 4.69) is 11.1 Å². The summed E-state index contributed by atoms with van der Waals surface area (Å²) in [5, 5.41) is 8.83. The molecule has 0 aliphatic heterocycles. The number of ether oxygens (including phenoxy) is 1. The van der Waals surface area contributed by atoms with Crippen molar-refractivity contribution in [2.24, 2.45) is 0 Å². The van der Waals surface area contributed by atoms with Crippen LogP contribution >= 0.6 is 0 Å². The summed E-state index contributed by atoms with van der Waals surface area (Å²) in [7, 11) is 0. The maximum absolute atomic E-state index is 8.83. The van der Waals surface area contributed by atoms with Gasteiger partial charge in [-0.15, -0.1) is 0 Å². The van der Waals surface area contributed by atoms with E-state index in [1.807, 2.05) is 20.8 Å². The average molecular weight is 190 g/mol. The van der Waals surface area contributed by atoms with Crippen LogP contribution in [0.25, 0.3) is 0 Å². The summed E-state index contributed by atoms with van der Waals surface area (Å²) >= 11 is 0. The second-order valence-electron chi connectivity index (χ2n) is 3.70. The van der Waals surface area contributed by atoms with Crippen LogP contribution in [0.2, 0.25) is 0 Å². The van der Waals surface area contributed by atoms with Crippen LogP contribution in [-0.2, 0) is 0 Å². The van der Waals surface area contributed by atoms with Gasteiger partial charge in [-0.05, 0) is 26.3 Å². The number of aromatic nitrogens is 1. The molecule has 0 bridgehead atoms. The van der Waals surface area contributed by atoms with Crippen molar-refractivity contribution in [3.8, 4) is 11.8 Å². The molecule has 0 saturated heterocycles. The third-order valence-electron chi connectivity index (χ3n) is 2.14. The summed E-state index contributed by atoms with van der Waals surface area (Å²) in [6.45, 7) is 6.02. The van der Waals surface area contributed by atoms with Crippen molar-refractivity contribution in [2.45, 2.75) is 32.8 Å². The molecule has 0 N–H and O–H groups in total. The molecule has 14 heavy (non-hydrogen) atoms. The first kappa shape index (κ1) is 10.5. The molecule has 0 fully saturated rings. The highest BCUT2D eigenvalue weighted by Gasteiger charge is 2.18. The highest BCUT2D eigenvalue weighted by Crippen LogP contribution is 2.22. The van der Waals surface area contributed by atoms with Gasteiger partial charge in [-0.2, -0.15) is 5.26 Å². The quantitative estimate of drug-likeness (QED) is 0.735. The summed E-state index contributed by atoms with van der Waals surface area (Å²) in [5.41, 5.74) is 0.274. The first-order valence-corrected chi connectivity index (χ1v) is 4.62. The van der Waals surface area contributed by atoms with Gasteiger partial charge in [0.2, 0.25) is 0 Å². The number of nitriles is 1. The Kier molecular flexibility index (Phi) is 3.08. The van der Waals surface area contributed by atoms with E-state index < -0.39 is 0 Å². The molecule has 3 heteroatoms. The van der Waals surface area contributed by atoms with Crippen LogP contribution in [0.5, 0.6) is 5.75 Å². The van der Waals surface area contributed by atoms with Crippen LogP contribution in [-0.4, -0.2) is 10.6 Å². The minimum absolute atomic E-state index is 0.255. The van der Waals surface area contributed by atoms with Crippen LogP contribution in [0.4, 0.5) is 0 Å². The Morgan fingerprint density at radius 3 is 2.86 bits per heavy atom. The van der Waals surface area contributed by atoms with Gasteiger partial charge in [-0.3, -0.25) is 4.98 Å². The standard InChI is InChI=1S/C11H14N2O/c1-4-11(2,3)14-10-8-13-6-5-9(10)7-12/h5-6,8H,4H2,1-3H3. The van der Waals surface area contributed by atoms with E-state index in [4.69, 9.17) is 10.00 Å². The first-order chi connectivity index (χ1) is 6.59. The SMILES string of the molecule is CCC(C)(C)Oc1cnccc1C#N.